The van der Waals surface area contributed by atoms with E-state index in [1.165, 1.54) is 4.92 Å². The molecule has 1 heterocycles. The molecule has 2 N–H and O–H groups in total. The van der Waals surface area contributed by atoms with Crippen molar-refractivity contribution in [3.05, 3.63) is 28.8 Å². The van der Waals surface area contributed by atoms with Gasteiger partial charge >= 0.3 is 7.05 Å². The largest absolute Gasteiger partial charge is 0.473 e. The van der Waals surface area contributed by atoms with Crippen LogP contribution >= 0.6 is 23.8 Å². The molecule has 1 aromatic rings. The molecule has 1 aliphatic rings. The summed E-state index contributed by atoms with van der Waals surface area (Å²) in [5.74, 6) is 0. The molecule has 0 aromatic heterocycles. The SMILES string of the molecule is COCCNC(=S)N1N=Cc2cc(Cl)ccc2B1O. The monoisotopic (exact) mass is 297 g/mol. The maximum absolute atomic E-state index is 10.2. The lowest BCUT2D eigenvalue weighted by molar-refractivity contribution is 0.203. The highest BCUT2D eigenvalue weighted by Crippen LogP contribution is 2.12. The van der Waals surface area contributed by atoms with Gasteiger partial charge in [-0.1, -0.05) is 17.7 Å². The maximum atomic E-state index is 10.2. The fourth-order valence-corrected chi connectivity index (χ4v) is 2.15. The van der Waals surface area contributed by atoms with E-state index in [1.807, 2.05) is 0 Å². The zero-order valence-corrected chi connectivity index (χ0v) is 11.9. The van der Waals surface area contributed by atoms with Crippen LogP contribution in [-0.2, 0) is 4.74 Å². The first kappa shape index (κ1) is 14.3. The summed E-state index contributed by atoms with van der Waals surface area (Å²) in [5, 5.41) is 18.3. The minimum Gasteiger partial charge on any atom is -0.427 e. The highest BCUT2D eigenvalue weighted by atomic mass is 35.5. The Bertz CT molecular complexity index is 515. The number of halogens is 1. The first-order valence-corrected chi connectivity index (χ1v) is 6.49. The topological polar surface area (TPSA) is 57.1 Å². The number of methoxy groups -OCH3 is 1. The molecule has 0 saturated heterocycles. The lowest BCUT2D eigenvalue weighted by atomic mass is 9.70. The van der Waals surface area contributed by atoms with Crippen molar-refractivity contribution in [1.82, 2.24) is 10.2 Å². The average molecular weight is 298 g/mol. The highest BCUT2D eigenvalue weighted by Gasteiger charge is 2.31. The Hall–Kier alpha value is -1.15. The van der Waals surface area contributed by atoms with Crippen molar-refractivity contribution in [2.75, 3.05) is 20.3 Å². The normalized spacial score (nSPS) is 13.4. The molecule has 2 rings (SSSR count). The summed E-state index contributed by atoms with van der Waals surface area (Å²) < 4.78 is 4.92. The molecule has 0 fully saturated rings. The van der Waals surface area contributed by atoms with Gasteiger partial charge in [0.2, 0.25) is 0 Å². The van der Waals surface area contributed by atoms with Gasteiger partial charge in [0, 0.05) is 18.7 Å². The summed E-state index contributed by atoms with van der Waals surface area (Å²) in [6.45, 7) is 1.08. The molecular formula is C11H13BClN3O2S. The van der Waals surface area contributed by atoms with Crippen molar-refractivity contribution >= 4 is 47.7 Å². The van der Waals surface area contributed by atoms with Crippen LogP contribution in [0.2, 0.25) is 5.02 Å². The number of rotatable bonds is 3. The van der Waals surface area contributed by atoms with Crippen molar-refractivity contribution in [1.29, 1.82) is 0 Å². The minimum atomic E-state index is -0.917. The van der Waals surface area contributed by atoms with E-state index in [1.54, 1.807) is 31.5 Å². The number of nitrogens with one attached hydrogen (secondary N) is 1. The Morgan fingerprint density at radius 1 is 1.63 bits per heavy atom. The standard InChI is InChI=1S/C11H13BClN3O2S/c1-18-5-4-14-11(19)16-12(17)10-3-2-9(13)6-8(10)7-15-16/h2-3,6-7,17H,4-5H2,1H3,(H,14,19). The van der Waals surface area contributed by atoms with E-state index < -0.39 is 7.05 Å². The van der Waals surface area contributed by atoms with Gasteiger partial charge in [-0.15, -0.1) is 0 Å². The smallest absolute Gasteiger partial charge is 0.427 e. The molecule has 0 bridgehead atoms. The van der Waals surface area contributed by atoms with E-state index in [0.29, 0.717) is 23.3 Å². The molecule has 8 heteroatoms. The molecule has 1 aliphatic heterocycles. The molecule has 0 atom stereocenters. The van der Waals surface area contributed by atoms with Crippen molar-refractivity contribution < 1.29 is 9.76 Å². The van der Waals surface area contributed by atoms with Crippen molar-refractivity contribution in [2.24, 2.45) is 5.10 Å². The molecule has 100 valence electrons. The summed E-state index contributed by atoms with van der Waals surface area (Å²) in [7, 11) is 0.693. The molecule has 1 aromatic carbocycles. The molecule has 0 amide bonds. The first-order valence-electron chi connectivity index (χ1n) is 5.71. The molecule has 0 saturated carbocycles. The number of nitrogens with zero attached hydrogens (tertiary/aromatic N) is 2. The number of fused-ring (bicyclic) bond motifs is 1. The Morgan fingerprint density at radius 3 is 3.16 bits per heavy atom. The number of hydrazone groups is 1. The predicted octanol–water partition coefficient (Wildman–Crippen LogP) is 0.198. The number of hydrogen-bond acceptors (Lipinski definition) is 4. The molecule has 5 nitrogen and oxygen atoms in total. The van der Waals surface area contributed by atoms with E-state index in [2.05, 4.69) is 10.4 Å². The van der Waals surface area contributed by atoms with E-state index in [0.717, 1.165) is 11.0 Å². The molecule has 0 radical (unpaired) electrons. The third-order valence-corrected chi connectivity index (χ3v) is 3.24. The highest BCUT2D eigenvalue weighted by molar-refractivity contribution is 7.80. The number of hydrogen-bond donors (Lipinski definition) is 2. The zero-order valence-electron chi connectivity index (χ0n) is 10.3. The van der Waals surface area contributed by atoms with Gasteiger partial charge in [0.15, 0.2) is 5.11 Å². The first-order chi connectivity index (χ1) is 9.13. The Balaban J connectivity index is 2.11. The molecule has 0 aliphatic carbocycles. The summed E-state index contributed by atoms with van der Waals surface area (Å²) in [5.41, 5.74) is 1.51. The fourth-order valence-electron chi connectivity index (χ4n) is 1.72. The van der Waals surface area contributed by atoms with Gasteiger partial charge in [0.05, 0.1) is 12.8 Å². The van der Waals surface area contributed by atoms with Gasteiger partial charge in [-0.2, -0.15) is 5.10 Å². The van der Waals surface area contributed by atoms with Gasteiger partial charge in [-0.3, -0.25) is 4.92 Å². The molecular weight excluding hydrogens is 284 g/mol. The lowest BCUT2D eigenvalue weighted by Gasteiger charge is -2.27. The molecule has 0 spiro atoms. The third-order valence-electron chi connectivity index (χ3n) is 2.67. The quantitative estimate of drug-likeness (QED) is 0.474. The second kappa shape index (κ2) is 6.34. The summed E-state index contributed by atoms with van der Waals surface area (Å²) in [6.07, 6.45) is 1.62. The van der Waals surface area contributed by atoms with Crippen LogP contribution in [-0.4, -0.2) is 48.6 Å². The van der Waals surface area contributed by atoms with Gasteiger partial charge in [0.1, 0.15) is 0 Å². The Kier molecular flexibility index (Phi) is 4.76. The van der Waals surface area contributed by atoms with Gasteiger partial charge in [0.25, 0.3) is 0 Å². The predicted molar refractivity (Wildman–Crippen MR) is 81.0 cm³/mol. The van der Waals surface area contributed by atoms with Crippen LogP contribution in [0.4, 0.5) is 0 Å². The summed E-state index contributed by atoms with van der Waals surface area (Å²) in [6, 6.07) is 5.24. The second-order valence-corrected chi connectivity index (χ2v) is 4.78. The van der Waals surface area contributed by atoms with Crippen molar-refractivity contribution in [3.8, 4) is 0 Å². The lowest BCUT2D eigenvalue weighted by Crippen LogP contribution is -2.55. The van der Waals surface area contributed by atoms with Crippen molar-refractivity contribution in [2.45, 2.75) is 0 Å². The number of benzene rings is 1. The van der Waals surface area contributed by atoms with Crippen LogP contribution in [0.1, 0.15) is 5.56 Å². The minimum absolute atomic E-state index is 0.349. The van der Waals surface area contributed by atoms with Crippen LogP contribution in [0.25, 0.3) is 0 Å². The van der Waals surface area contributed by atoms with Crippen LogP contribution < -0.4 is 10.8 Å². The van der Waals surface area contributed by atoms with E-state index in [4.69, 9.17) is 28.6 Å². The van der Waals surface area contributed by atoms with Gasteiger partial charge in [-0.05, 0) is 35.4 Å². The van der Waals surface area contributed by atoms with Crippen LogP contribution in [0.3, 0.4) is 0 Å². The Morgan fingerprint density at radius 2 is 2.42 bits per heavy atom. The Labute approximate surface area is 122 Å². The van der Waals surface area contributed by atoms with E-state index >= 15 is 0 Å². The van der Waals surface area contributed by atoms with E-state index in [-0.39, 0.29) is 0 Å². The van der Waals surface area contributed by atoms with Gasteiger partial charge < -0.3 is 15.1 Å². The summed E-state index contributed by atoms with van der Waals surface area (Å²) >= 11 is 11.1. The van der Waals surface area contributed by atoms with Crippen LogP contribution in [0.15, 0.2) is 23.3 Å². The maximum Gasteiger partial charge on any atom is 0.473 e. The summed E-state index contributed by atoms with van der Waals surface area (Å²) in [4.78, 5) is 1.35. The fraction of sp³-hybridized carbons (Fsp3) is 0.273. The van der Waals surface area contributed by atoms with Crippen LogP contribution in [0.5, 0.6) is 0 Å². The van der Waals surface area contributed by atoms with Crippen molar-refractivity contribution in [3.63, 3.8) is 0 Å². The second-order valence-electron chi connectivity index (χ2n) is 3.96. The molecule has 0 unspecified atom stereocenters. The number of ether oxygens (including phenoxy) is 1. The molecule has 19 heavy (non-hydrogen) atoms. The average Bonchev–Trinajstić information content (AvgIpc) is 2.39. The zero-order chi connectivity index (χ0) is 13.8. The number of thiocarbonyl (C=S) groups is 1. The van der Waals surface area contributed by atoms with Gasteiger partial charge in [-0.25, -0.2) is 0 Å². The van der Waals surface area contributed by atoms with Crippen LogP contribution in [0, 0.1) is 0 Å². The third kappa shape index (κ3) is 3.25. The van der Waals surface area contributed by atoms with E-state index in [9.17, 15) is 5.02 Å².